The molecule has 0 aromatic rings. The quantitative estimate of drug-likeness (QED) is 0.0324. The lowest BCUT2D eigenvalue weighted by molar-refractivity contribution is -0.151. The van der Waals surface area contributed by atoms with Gasteiger partial charge in [0.2, 0.25) is 5.91 Å². The van der Waals surface area contributed by atoms with Gasteiger partial charge in [0, 0.05) is 6.42 Å². The van der Waals surface area contributed by atoms with E-state index in [0.717, 1.165) is 57.8 Å². The average Bonchev–Trinajstić information content (AvgIpc) is 3.20. The van der Waals surface area contributed by atoms with E-state index in [-0.39, 0.29) is 24.9 Å². The van der Waals surface area contributed by atoms with Crippen LogP contribution in [-0.4, -0.2) is 46.9 Å². The summed E-state index contributed by atoms with van der Waals surface area (Å²) < 4.78 is 5.88. The molecule has 0 radical (unpaired) electrons. The molecule has 0 aromatic carbocycles. The summed E-state index contributed by atoms with van der Waals surface area (Å²) in [6.07, 6.45) is 53.2. The smallest absolute Gasteiger partial charge is 0.306 e. The molecule has 3 atom stereocenters. The summed E-state index contributed by atoms with van der Waals surface area (Å²) in [7, 11) is 0. The van der Waals surface area contributed by atoms with Crippen molar-refractivity contribution in [2.45, 2.75) is 257 Å². The number of aliphatic hydroxyl groups excluding tert-OH is 2. The lowest BCUT2D eigenvalue weighted by atomic mass is 10.0. The Bertz CT molecular complexity index is 988. The van der Waals surface area contributed by atoms with E-state index in [0.29, 0.717) is 19.3 Å². The van der Waals surface area contributed by atoms with Crippen LogP contribution in [0.2, 0.25) is 0 Å². The van der Waals surface area contributed by atoms with Crippen molar-refractivity contribution in [1.82, 2.24) is 5.32 Å². The largest absolute Gasteiger partial charge is 0.462 e. The highest BCUT2D eigenvalue weighted by atomic mass is 16.5. The van der Waals surface area contributed by atoms with Gasteiger partial charge in [-0.05, 0) is 38.5 Å². The lowest BCUT2D eigenvalue weighted by Crippen LogP contribution is -2.46. The second-order valence-corrected chi connectivity index (χ2v) is 16.6. The number of aliphatic hydroxyl groups is 2. The molecule has 0 heterocycles. The summed E-state index contributed by atoms with van der Waals surface area (Å²) in [5.41, 5.74) is 0. The fourth-order valence-electron chi connectivity index (χ4n) is 7.33. The van der Waals surface area contributed by atoms with Crippen molar-refractivity contribution in [3.05, 3.63) is 48.6 Å². The first-order chi connectivity index (χ1) is 28.0. The van der Waals surface area contributed by atoms with Crippen LogP contribution in [0.4, 0.5) is 0 Å². The van der Waals surface area contributed by atoms with Crippen molar-refractivity contribution in [3.8, 4) is 0 Å². The van der Waals surface area contributed by atoms with E-state index in [9.17, 15) is 19.8 Å². The Morgan fingerprint density at radius 3 is 1.40 bits per heavy atom. The van der Waals surface area contributed by atoms with Crippen LogP contribution in [-0.2, 0) is 14.3 Å². The van der Waals surface area contributed by atoms with Gasteiger partial charge in [0.25, 0.3) is 0 Å². The molecule has 0 aromatic heterocycles. The number of carbonyl (C=O) groups is 2. The number of allylic oxidation sites excluding steroid dienone is 8. The van der Waals surface area contributed by atoms with E-state index in [1.807, 2.05) is 36.5 Å². The second kappa shape index (κ2) is 44.9. The lowest BCUT2D eigenvalue weighted by Gasteiger charge is -2.24. The van der Waals surface area contributed by atoms with Gasteiger partial charge in [0.15, 0.2) is 0 Å². The predicted molar refractivity (Wildman–Crippen MR) is 245 cm³/mol. The van der Waals surface area contributed by atoms with Crippen molar-refractivity contribution in [1.29, 1.82) is 0 Å². The molecule has 0 aliphatic heterocycles. The Hall–Kier alpha value is -2.18. The van der Waals surface area contributed by atoms with E-state index < -0.39 is 18.2 Å². The van der Waals surface area contributed by atoms with Gasteiger partial charge in [-0.25, -0.2) is 0 Å². The fourth-order valence-corrected chi connectivity index (χ4v) is 7.33. The van der Waals surface area contributed by atoms with Gasteiger partial charge in [0.1, 0.15) is 6.10 Å². The Balaban J connectivity index is 4.60. The molecular weight excluding hydrogens is 707 g/mol. The van der Waals surface area contributed by atoms with E-state index in [2.05, 4.69) is 38.2 Å². The monoisotopic (exact) mass is 800 g/mol. The number of nitrogens with one attached hydrogen (secondary N) is 1. The van der Waals surface area contributed by atoms with Gasteiger partial charge in [0.05, 0.1) is 25.2 Å². The van der Waals surface area contributed by atoms with Crippen molar-refractivity contribution < 1.29 is 24.5 Å². The molecule has 332 valence electrons. The predicted octanol–water partition coefficient (Wildman–Crippen LogP) is 14.3. The first-order valence-corrected chi connectivity index (χ1v) is 24.4. The maximum Gasteiger partial charge on any atom is 0.306 e. The number of hydrogen-bond donors (Lipinski definition) is 3. The van der Waals surface area contributed by atoms with Crippen LogP contribution in [0.5, 0.6) is 0 Å². The third-order valence-corrected chi connectivity index (χ3v) is 11.0. The number of hydrogen-bond acceptors (Lipinski definition) is 5. The summed E-state index contributed by atoms with van der Waals surface area (Å²) in [6.45, 7) is 6.32. The van der Waals surface area contributed by atoms with Gasteiger partial charge >= 0.3 is 5.97 Å². The molecule has 0 aliphatic carbocycles. The molecular formula is C51H93NO5. The van der Waals surface area contributed by atoms with Crippen LogP contribution in [0, 0.1) is 0 Å². The fraction of sp³-hybridized carbons (Fsp3) is 0.804. The highest BCUT2D eigenvalue weighted by Gasteiger charge is 2.24. The maximum absolute atomic E-state index is 13.1. The first-order valence-electron chi connectivity index (χ1n) is 24.4. The molecule has 1 amide bonds. The maximum atomic E-state index is 13.1. The number of ether oxygens (including phenoxy) is 1. The molecule has 0 bridgehead atoms. The zero-order valence-electron chi connectivity index (χ0n) is 37.7. The average molecular weight is 800 g/mol. The van der Waals surface area contributed by atoms with Crippen molar-refractivity contribution in [2.24, 2.45) is 0 Å². The Morgan fingerprint density at radius 1 is 0.526 bits per heavy atom. The molecule has 0 spiro atoms. The Kier molecular flexibility index (Phi) is 43.2. The van der Waals surface area contributed by atoms with Crippen LogP contribution in [0.15, 0.2) is 48.6 Å². The van der Waals surface area contributed by atoms with Crippen LogP contribution >= 0.6 is 0 Å². The topological polar surface area (TPSA) is 95.9 Å². The molecule has 0 saturated carbocycles. The normalized spacial score (nSPS) is 13.7. The van der Waals surface area contributed by atoms with Crippen LogP contribution in [0.1, 0.15) is 239 Å². The molecule has 0 rings (SSSR count). The molecule has 6 nitrogen and oxygen atoms in total. The van der Waals surface area contributed by atoms with Crippen molar-refractivity contribution >= 4 is 11.9 Å². The summed E-state index contributed by atoms with van der Waals surface area (Å²) in [5, 5.41) is 23.7. The highest BCUT2D eigenvalue weighted by molar-refractivity contribution is 5.77. The number of esters is 1. The van der Waals surface area contributed by atoms with Gasteiger partial charge in [-0.1, -0.05) is 236 Å². The van der Waals surface area contributed by atoms with E-state index in [4.69, 9.17) is 4.74 Å². The number of rotatable bonds is 43. The summed E-state index contributed by atoms with van der Waals surface area (Å²) >= 11 is 0. The SMILES string of the molecule is CC/C=C/C=C/C=C\C=C/CCCC(CC(=O)NC(CO)C(O)CCCCCCCCCCCCCCC)OC(=O)CCCCCCCCCCCCCCCC. The van der Waals surface area contributed by atoms with Crippen molar-refractivity contribution in [3.63, 3.8) is 0 Å². The molecule has 57 heavy (non-hydrogen) atoms. The van der Waals surface area contributed by atoms with Crippen molar-refractivity contribution in [2.75, 3.05) is 6.61 Å². The number of unbranched alkanes of at least 4 members (excludes halogenated alkanes) is 26. The molecule has 3 N–H and O–H groups in total. The van der Waals surface area contributed by atoms with Gasteiger partial charge in [-0.15, -0.1) is 0 Å². The third kappa shape index (κ3) is 40.4. The minimum Gasteiger partial charge on any atom is -0.462 e. The van der Waals surface area contributed by atoms with E-state index in [1.165, 1.54) is 135 Å². The first kappa shape index (κ1) is 54.8. The minimum absolute atomic E-state index is 0.0339. The molecule has 3 unspecified atom stereocenters. The molecule has 0 saturated heterocycles. The minimum atomic E-state index is -0.802. The summed E-state index contributed by atoms with van der Waals surface area (Å²) in [4.78, 5) is 26.0. The highest BCUT2D eigenvalue weighted by Crippen LogP contribution is 2.17. The van der Waals surface area contributed by atoms with Crippen LogP contribution in [0.25, 0.3) is 0 Å². The summed E-state index contributed by atoms with van der Waals surface area (Å²) in [5.74, 6) is -0.537. The van der Waals surface area contributed by atoms with Gasteiger partial charge < -0.3 is 20.3 Å². The van der Waals surface area contributed by atoms with E-state index in [1.54, 1.807) is 0 Å². The standard InChI is InChI=1S/C51H93NO5/c1-4-7-10-13-16-19-22-24-26-29-32-35-38-41-44-51(56)57-47(42-39-36-33-30-27-21-18-15-12-9-6-3)45-50(55)52-48(46-53)49(54)43-40-37-34-31-28-25-23-20-17-14-11-8-5-2/h9,12,15,18,21,27,30,33,47-49,53-54H,4-8,10-11,13-14,16-17,19-20,22-26,28-29,31-32,34-46H2,1-3H3,(H,52,55)/b12-9+,18-15+,27-21-,33-30-. The number of carbonyl (C=O) groups excluding carboxylic acids is 2. The van der Waals surface area contributed by atoms with Gasteiger partial charge in [-0.3, -0.25) is 9.59 Å². The summed E-state index contributed by atoms with van der Waals surface area (Å²) in [6, 6.07) is -0.719. The number of amides is 1. The van der Waals surface area contributed by atoms with Gasteiger partial charge in [-0.2, -0.15) is 0 Å². The van der Waals surface area contributed by atoms with Crippen LogP contribution in [0.3, 0.4) is 0 Å². The van der Waals surface area contributed by atoms with E-state index >= 15 is 0 Å². The zero-order valence-corrected chi connectivity index (χ0v) is 37.7. The molecule has 0 fully saturated rings. The van der Waals surface area contributed by atoms with Crippen LogP contribution < -0.4 is 5.32 Å². The Morgan fingerprint density at radius 2 is 0.947 bits per heavy atom. The third-order valence-electron chi connectivity index (χ3n) is 11.0. The Labute approximate surface area is 353 Å². The second-order valence-electron chi connectivity index (χ2n) is 16.6. The molecule has 6 heteroatoms. The zero-order chi connectivity index (χ0) is 41.7. The molecule has 0 aliphatic rings.